The largest absolute Gasteiger partial charge is 0.344 e. The van der Waals surface area contributed by atoms with Crippen LogP contribution in [0.4, 0.5) is 0 Å². The van der Waals surface area contributed by atoms with Crippen molar-refractivity contribution in [2.24, 2.45) is 14.1 Å². The molecule has 18 aromatic carbocycles. The van der Waals surface area contributed by atoms with Crippen molar-refractivity contribution in [3.8, 4) is 16.8 Å². The van der Waals surface area contributed by atoms with Crippen LogP contribution in [0.1, 0.15) is 83.5 Å². The Morgan fingerprint density at radius 1 is 0.190 bits per heavy atom. The Balaban J connectivity index is 0.000000115. The molecule has 121 heavy (non-hydrogen) atoms. The highest BCUT2D eigenvalue weighted by Crippen LogP contribution is 2.56. The van der Waals surface area contributed by atoms with Gasteiger partial charge in [-0.15, -0.1) is 0 Å². The Hall–Kier alpha value is -14.1. The predicted molar refractivity (Wildman–Crippen MR) is 525 cm³/mol. The van der Waals surface area contributed by atoms with Crippen LogP contribution < -0.4 is 0 Å². The standard InChI is InChI=1S/C26H20.C19H15N.C15H12.2C13H11N.C9H12.2C8H10.C7H8/c1-19-16-17-23-22-14-8-9-15-24(22)26(25(23)18-19,20-10-4-2-5-11-20)21-12-6-3-7-13-21;1-14-10-12-15(13-11-14)20-18-8-4-2-6-16(18)17-7-3-5-9-19(17)20;1-11-10-12-6-2-3-8-14(12)15-9-5-4-7-13(11)15;2*1-14-12-8-4-2-6-10(12)11-7-3-5-9-13(11)14;1-7-5-4-6-8(2)9(7)3;1-7-4-3-5-8(2)6-7;1-7-5-3-4-6-8(7)2;1-7-5-3-2-4-6-7/h2-18H,1H3;2-13H,1H3;2-10H,1H3;2*2-9H,1H3;4-6H,1-3H3;2*3-6H,1-2H3;2-6H,1H3. The lowest BCUT2D eigenvalue weighted by atomic mass is 9.67. The Morgan fingerprint density at radius 2 is 0.504 bits per heavy atom. The summed E-state index contributed by atoms with van der Waals surface area (Å²) in [6.07, 6.45) is 0. The molecule has 0 atom stereocenters. The minimum absolute atomic E-state index is 0.263. The molecule has 1 aliphatic carbocycles. The molecule has 0 aliphatic heterocycles. The van der Waals surface area contributed by atoms with E-state index in [9.17, 15) is 0 Å². The highest BCUT2D eigenvalue weighted by molar-refractivity contribution is 6.11. The van der Waals surface area contributed by atoms with Gasteiger partial charge < -0.3 is 13.7 Å². The summed E-state index contributed by atoms with van der Waals surface area (Å²) in [7, 11) is 4.23. The van der Waals surface area contributed by atoms with Gasteiger partial charge in [-0.3, -0.25) is 0 Å². The zero-order valence-corrected chi connectivity index (χ0v) is 72.3. The van der Waals surface area contributed by atoms with Crippen LogP contribution >= 0.6 is 0 Å². The molecule has 3 heterocycles. The van der Waals surface area contributed by atoms with Gasteiger partial charge in [0.1, 0.15) is 0 Å². The zero-order valence-electron chi connectivity index (χ0n) is 72.3. The number of para-hydroxylation sites is 6. The monoisotopic (exact) mass is 1570 g/mol. The van der Waals surface area contributed by atoms with Crippen molar-refractivity contribution in [1.82, 2.24) is 13.7 Å². The maximum Gasteiger partial charge on any atom is 0.0713 e. The summed E-state index contributed by atoms with van der Waals surface area (Å²) in [5.74, 6) is 0. The Morgan fingerprint density at radius 3 is 0.926 bits per heavy atom. The van der Waals surface area contributed by atoms with Gasteiger partial charge in [0.25, 0.3) is 0 Å². The van der Waals surface area contributed by atoms with Gasteiger partial charge in [-0.1, -0.05) is 404 Å². The summed E-state index contributed by atoms with van der Waals surface area (Å²) in [6.45, 7) is 23.5. The third-order valence-corrected chi connectivity index (χ3v) is 23.5. The summed E-state index contributed by atoms with van der Waals surface area (Å²) in [5, 5.41) is 13.4. The van der Waals surface area contributed by atoms with Gasteiger partial charge in [-0.05, 0) is 213 Å². The molecule has 3 aromatic heterocycles. The van der Waals surface area contributed by atoms with E-state index in [1.165, 1.54) is 187 Å². The normalized spacial score (nSPS) is 11.2. The van der Waals surface area contributed by atoms with E-state index >= 15 is 0 Å². The molecule has 3 nitrogen and oxygen atoms in total. The molecule has 0 saturated heterocycles. The third-order valence-electron chi connectivity index (χ3n) is 23.5. The number of aryl methyl sites for hydroxylation is 12. The van der Waals surface area contributed by atoms with E-state index in [0.29, 0.717) is 0 Å². The van der Waals surface area contributed by atoms with Gasteiger partial charge in [0.2, 0.25) is 0 Å². The average molecular weight is 1570 g/mol. The SMILES string of the molecule is Cc1cc2ccccc2c2ccccc12.Cc1ccc(-n2c3ccccc3c3ccccc32)cc1.Cc1ccc2c(c1)C(c1ccccc1)(c1ccccc1)c1ccccc1-2.Cc1cccc(C)c1.Cc1cccc(C)c1C.Cc1ccccc1.Cc1ccccc1C.Cn1c2ccccc2c2ccccc21.Cn1c2ccccc2c2ccccc21. The molecule has 3 heteroatoms. The molecule has 0 bridgehead atoms. The van der Waals surface area contributed by atoms with E-state index in [1.54, 1.807) is 0 Å². The molecule has 596 valence electrons. The minimum Gasteiger partial charge on any atom is -0.344 e. The van der Waals surface area contributed by atoms with Gasteiger partial charge in [-0.2, -0.15) is 0 Å². The van der Waals surface area contributed by atoms with Gasteiger partial charge in [0.15, 0.2) is 0 Å². The van der Waals surface area contributed by atoms with Crippen LogP contribution in [-0.2, 0) is 19.5 Å². The summed E-state index contributed by atoms with van der Waals surface area (Å²) in [5.41, 5.74) is 31.6. The van der Waals surface area contributed by atoms with Crippen molar-refractivity contribution >= 4 is 87.0 Å². The van der Waals surface area contributed by atoms with Crippen LogP contribution in [-0.4, -0.2) is 13.7 Å². The zero-order chi connectivity index (χ0) is 84.4. The number of benzene rings is 18. The number of rotatable bonds is 3. The molecule has 1 aliphatic rings. The Kier molecular flexibility index (Phi) is 26.9. The van der Waals surface area contributed by atoms with Crippen LogP contribution in [0.2, 0.25) is 0 Å². The first-order valence-corrected chi connectivity index (χ1v) is 42.2. The van der Waals surface area contributed by atoms with Crippen molar-refractivity contribution in [1.29, 1.82) is 0 Å². The third kappa shape index (κ3) is 18.7. The fourth-order valence-electron chi connectivity index (χ4n) is 16.8. The highest BCUT2D eigenvalue weighted by Gasteiger charge is 2.46. The Labute approximate surface area is 716 Å². The molecular formula is C118H109N3. The number of hydrogen-bond acceptors (Lipinski definition) is 0. The van der Waals surface area contributed by atoms with Gasteiger partial charge >= 0.3 is 0 Å². The number of nitrogens with zero attached hydrogens (tertiary/aromatic N) is 3. The predicted octanol–water partition coefficient (Wildman–Crippen LogP) is 31.6. The summed E-state index contributed by atoms with van der Waals surface area (Å²) < 4.78 is 6.82. The van der Waals surface area contributed by atoms with E-state index < -0.39 is 0 Å². The second kappa shape index (κ2) is 39.0. The number of fused-ring (bicyclic) bond motifs is 15. The van der Waals surface area contributed by atoms with Crippen LogP contribution in [0.5, 0.6) is 0 Å². The average Bonchev–Trinajstić information content (AvgIpc) is 1.54. The minimum atomic E-state index is -0.263. The van der Waals surface area contributed by atoms with Crippen LogP contribution in [0, 0.1) is 76.2 Å². The van der Waals surface area contributed by atoms with Crippen LogP contribution in [0.3, 0.4) is 0 Å². The maximum atomic E-state index is 2.37. The molecule has 0 saturated carbocycles. The lowest BCUT2D eigenvalue weighted by Gasteiger charge is -2.34. The summed E-state index contributed by atoms with van der Waals surface area (Å²) in [6, 6.07) is 150. The molecule has 0 spiro atoms. The number of aromatic nitrogens is 3. The van der Waals surface area contributed by atoms with Crippen LogP contribution in [0.25, 0.3) is 104 Å². The van der Waals surface area contributed by atoms with E-state index in [0.717, 1.165) is 0 Å². The van der Waals surface area contributed by atoms with E-state index in [-0.39, 0.29) is 5.41 Å². The first-order chi connectivity index (χ1) is 59.0. The van der Waals surface area contributed by atoms with Crippen molar-refractivity contribution < 1.29 is 0 Å². The molecular weight excluding hydrogens is 1460 g/mol. The first-order valence-electron chi connectivity index (χ1n) is 42.2. The topological polar surface area (TPSA) is 14.8 Å². The van der Waals surface area contributed by atoms with Crippen molar-refractivity contribution in [3.05, 3.63) is 508 Å². The van der Waals surface area contributed by atoms with Crippen molar-refractivity contribution in [2.75, 3.05) is 0 Å². The molecule has 21 aromatic rings. The van der Waals surface area contributed by atoms with Gasteiger partial charge in [0.05, 0.1) is 16.4 Å². The van der Waals surface area contributed by atoms with Gasteiger partial charge in [-0.25, -0.2) is 0 Å². The highest BCUT2D eigenvalue weighted by atomic mass is 15.0. The maximum absolute atomic E-state index is 2.37. The van der Waals surface area contributed by atoms with Crippen LogP contribution in [0.15, 0.2) is 425 Å². The molecule has 0 radical (unpaired) electrons. The molecule has 0 fully saturated rings. The number of hydrogen-bond donors (Lipinski definition) is 0. The second-order valence-electron chi connectivity index (χ2n) is 31.8. The lowest BCUT2D eigenvalue weighted by molar-refractivity contribution is 0.767. The quantitative estimate of drug-likeness (QED) is 0.157. The summed E-state index contributed by atoms with van der Waals surface area (Å²) >= 11 is 0. The molecule has 0 unspecified atom stereocenters. The smallest absolute Gasteiger partial charge is 0.0713 e. The second-order valence-corrected chi connectivity index (χ2v) is 31.8. The first kappa shape index (κ1) is 83.4. The van der Waals surface area contributed by atoms with Crippen molar-refractivity contribution in [2.45, 2.75) is 81.6 Å². The van der Waals surface area contributed by atoms with E-state index in [1.807, 2.05) is 18.2 Å². The fourth-order valence-corrected chi connectivity index (χ4v) is 16.8. The molecule has 0 amide bonds. The fraction of sp³-hybridized carbons (Fsp3) is 0.119. The van der Waals surface area contributed by atoms with E-state index in [4.69, 9.17) is 0 Å². The van der Waals surface area contributed by atoms with E-state index in [2.05, 4.69) is 510 Å². The Bertz CT molecular complexity index is 6670. The molecule has 22 rings (SSSR count). The lowest BCUT2D eigenvalue weighted by Crippen LogP contribution is -2.28. The summed E-state index contributed by atoms with van der Waals surface area (Å²) in [4.78, 5) is 0. The van der Waals surface area contributed by atoms with Crippen molar-refractivity contribution in [3.63, 3.8) is 0 Å². The molecule has 0 N–H and O–H groups in total. The van der Waals surface area contributed by atoms with Gasteiger partial charge in [0, 0.05) is 74.2 Å².